The van der Waals surface area contributed by atoms with Crippen molar-refractivity contribution < 1.29 is 24.6 Å². The maximum atomic E-state index is 12.2. The quantitative estimate of drug-likeness (QED) is 0.324. The van der Waals surface area contributed by atoms with Gasteiger partial charge in [-0.2, -0.15) is 0 Å². The van der Waals surface area contributed by atoms with Crippen molar-refractivity contribution >= 4 is 29.5 Å². The third-order valence-corrected chi connectivity index (χ3v) is 6.89. The molecule has 8 nitrogen and oxygen atoms in total. The monoisotopic (exact) mass is 393 g/mol. The van der Waals surface area contributed by atoms with E-state index in [1.54, 1.807) is 17.9 Å². The number of carbonyl (C=O) groups is 3. The zero-order valence-electron chi connectivity index (χ0n) is 15.0. The Kier molecular flexibility index (Phi) is 4.77. The second kappa shape index (κ2) is 6.96. The van der Waals surface area contributed by atoms with Gasteiger partial charge in [-0.15, -0.1) is 11.8 Å². The molecule has 4 rings (SSSR count). The number of hydrogen-bond acceptors (Lipinski definition) is 6. The van der Waals surface area contributed by atoms with E-state index in [0.717, 1.165) is 19.5 Å². The standard InChI is InChI=1S/C18H23N3O5S/c1-9(22)15-12-7-13(16(18(25)26)21(12)17(15)24)27-11-6-10(19-8-11)2-3-14(23)20-4-5-20/h2-3,9-12,15,19,22H,4-8H2,1H3,(H,25,26)/t9-,10-,11+,12-,15-/m1/s1. The fourth-order valence-corrected chi connectivity index (χ4v) is 5.53. The molecule has 27 heavy (non-hydrogen) atoms. The molecular weight excluding hydrogens is 370 g/mol. The average Bonchev–Trinajstić information content (AvgIpc) is 3.28. The largest absolute Gasteiger partial charge is 0.477 e. The summed E-state index contributed by atoms with van der Waals surface area (Å²) in [5.41, 5.74) is 0.0719. The maximum absolute atomic E-state index is 12.2. The Morgan fingerprint density at radius 3 is 2.74 bits per heavy atom. The number of carboxylic acids is 1. The summed E-state index contributed by atoms with van der Waals surface area (Å²) in [5.74, 6) is -1.88. The lowest BCUT2D eigenvalue weighted by Gasteiger charge is -2.44. The van der Waals surface area contributed by atoms with Crippen molar-refractivity contribution in [2.75, 3.05) is 19.6 Å². The zero-order chi connectivity index (χ0) is 19.3. The first-order valence-electron chi connectivity index (χ1n) is 9.21. The number of aliphatic hydroxyl groups is 1. The van der Waals surface area contributed by atoms with Crippen LogP contribution in [-0.2, 0) is 14.4 Å². The Balaban J connectivity index is 1.39. The van der Waals surface area contributed by atoms with Crippen LogP contribution in [0.2, 0.25) is 0 Å². The molecule has 4 heterocycles. The maximum Gasteiger partial charge on any atom is 0.353 e. The number of fused-ring (bicyclic) bond motifs is 1. The van der Waals surface area contributed by atoms with E-state index in [4.69, 9.17) is 0 Å². The molecule has 0 spiro atoms. The average molecular weight is 393 g/mol. The highest BCUT2D eigenvalue weighted by atomic mass is 32.2. The minimum atomic E-state index is -1.09. The number of aliphatic carboxylic acids is 1. The molecule has 9 heteroatoms. The van der Waals surface area contributed by atoms with Gasteiger partial charge in [-0.25, -0.2) is 4.79 Å². The normalized spacial score (nSPS) is 33.5. The fraction of sp³-hybridized carbons (Fsp3) is 0.611. The summed E-state index contributed by atoms with van der Waals surface area (Å²) in [5, 5.41) is 22.9. The first-order valence-corrected chi connectivity index (χ1v) is 10.1. The molecule has 0 aliphatic carbocycles. The van der Waals surface area contributed by atoms with Gasteiger partial charge in [-0.1, -0.05) is 6.08 Å². The Hall–Kier alpha value is -1.84. The van der Waals surface area contributed by atoms with Crippen LogP contribution in [0.4, 0.5) is 0 Å². The summed E-state index contributed by atoms with van der Waals surface area (Å²) in [4.78, 5) is 39.5. The second-order valence-corrected chi connectivity index (χ2v) is 8.89. The van der Waals surface area contributed by atoms with Crippen LogP contribution in [0, 0.1) is 5.92 Å². The lowest BCUT2D eigenvalue weighted by Crippen LogP contribution is -2.61. The van der Waals surface area contributed by atoms with Crippen LogP contribution in [0.3, 0.4) is 0 Å². The summed E-state index contributed by atoms with van der Waals surface area (Å²) < 4.78 is 0. The molecule has 0 unspecified atom stereocenters. The van der Waals surface area contributed by atoms with Gasteiger partial charge in [-0.05, 0) is 13.3 Å². The van der Waals surface area contributed by atoms with Crippen LogP contribution in [0.15, 0.2) is 22.8 Å². The molecule has 3 N–H and O–H groups in total. The molecule has 0 aromatic rings. The van der Waals surface area contributed by atoms with Crippen LogP contribution in [0.5, 0.6) is 0 Å². The minimum absolute atomic E-state index is 0.0339. The molecule has 5 atom stereocenters. The molecule has 2 amide bonds. The van der Waals surface area contributed by atoms with Crippen molar-refractivity contribution in [2.24, 2.45) is 5.92 Å². The molecule has 4 aliphatic rings. The first kappa shape index (κ1) is 18.5. The topological polar surface area (TPSA) is 110 Å². The third-order valence-electron chi connectivity index (χ3n) is 5.55. The molecule has 4 aliphatic heterocycles. The van der Waals surface area contributed by atoms with Crippen LogP contribution >= 0.6 is 11.8 Å². The predicted molar refractivity (Wildman–Crippen MR) is 98.6 cm³/mol. The van der Waals surface area contributed by atoms with E-state index < -0.39 is 18.0 Å². The minimum Gasteiger partial charge on any atom is -0.477 e. The molecule has 0 saturated carbocycles. The molecule has 3 saturated heterocycles. The number of carboxylic acid groups (broad SMARTS) is 1. The molecule has 0 aromatic carbocycles. The summed E-state index contributed by atoms with van der Waals surface area (Å²) in [6.07, 6.45) is 3.98. The number of carbonyl (C=O) groups excluding carboxylic acids is 2. The summed E-state index contributed by atoms with van der Waals surface area (Å²) in [7, 11) is 0. The first-order chi connectivity index (χ1) is 12.9. The highest BCUT2D eigenvalue weighted by Crippen LogP contribution is 2.48. The van der Waals surface area contributed by atoms with Crippen LogP contribution in [0.25, 0.3) is 0 Å². The van der Waals surface area contributed by atoms with Gasteiger partial charge < -0.3 is 25.3 Å². The second-order valence-electron chi connectivity index (χ2n) is 7.50. The number of aliphatic hydroxyl groups excluding tert-OH is 1. The molecule has 0 bridgehead atoms. The van der Waals surface area contributed by atoms with Gasteiger partial charge in [0.1, 0.15) is 5.70 Å². The molecule has 0 aromatic heterocycles. The highest BCUT2D eigenvalue weighted by molar-refractivity contribution is 8.03. The van der Waals surface area contributed by atoms with Crippen molar-refractivity contribution in [3.63, 3.8) is 0 Å². The zero-order valence-corrected chi connectivity index (χ0v) is 15.8. The van der Waals surface area contributed by atoms with Gasteiger partial charge >= 0.3 is 5.97 Å². The fourth-order valence-electron chi connectivity index (χ4n) is 4.08. The lowest BCUT2D eigenvalue weighted by molar-refractivity contribution is -0.161. The van der Waals surface area contributed by atoms with Crippen molar-refractivity contribution in [1.29, 1.82) is 0 Å². The number of amides is 2. The van der Waals surface area contributed by atoms with E-state index in [-0.39, 0.29) is 34.8 Å². The summed E-state index contributed by atoms with van der Waals surface area (Å²) >= 11 is 1.50. The van der Waals surface area contributed by atoms with E-state index in [9.17, 15) is 24.6 Å². The smallest absolute Gasteiger partial charge is 0.353 e. The van der Waals surface area contributed by atoms with Crippen molar-refractivity contribution in [3.8, 4) is 0 Å². The number of nitrogens with one attached hydrogen (secondary N) is 1. The van der Waals surface area contributed by atoms with Gasteiger partial charge in [0.25, 0.3) is 0 Å². The van der Waals surface area contributed by atoms with E-state index in [0.29, 0.717) is 17.9 Å². The van der Waals surface area contributed by atoms with E-state index in [1.165, 1.54) is 16.7 Å². The van der Waals surface area contributed by atoms with Crippen LogP contribution in [0.1, 0.15) is 19.8 Å². The third kappa shape index (κ3) is 3.39. The predicted octanol–water partition coefficient (Wildman–Crippen LogP) is -0.244. The Morgan fingerprint density at radius 1 is 1.37 bits per heavy atom. The van der Waals surface area contributed by atoms with Gasteiger partial charge in [-0.3, -0.25) is 9.59 Å². The van der Waals surface area contributed by atoms with E-state index in [1.807, 2.05) is 6.08 Å². The van der Waals surface area contributed by atoms with Gasteiger partial charge in [0.05, 0.1) is 18.1 Å². The van der Waals surface area contributed by atoms with Gasteiger partial charge in [0, 0.05) is 48.3 Å². The number of hydrogen-bond donors (Lipinski definition) is 3. The van der Waals surface area contributed by atoms with E-state index >= 15 is 0 Å². The van der Waals surface area contributed by atoms with Crippen LogP contribution < -0.4 is 5.32 Å². The van der Waals surface area contributed by atoms with Crippen molar-refractivity contribution in [2.45, 2.75) is 43.2 Å². The lowest BCUT2D eigenvalue weighted by atomic mass is 9.83. The number of β-lactam (4-membered cyclic amide) rings is 1. The molecule has 3 fully saturated rings. The van der Waals surface area contributed by atoms with E-state index in [2.05, 4.69) is 5.32 Å². The van der Waals surface area contributed by atoms with Crippen LogP contribution in [-0.4, -0.2) is 80.9 Å². The SMILES string of the molecule is C[C@@H](O)[C@H]1C(=O)N2C(C(=O)O)=C(S[C@@H]3CN[C@H](C=CC(=O)N4CC4)C3)C[C@H]12. The number of thioether (sulfide) groups is 1. The van der Waals surface area contributed by atoms with Gasteiger partial charge in [0.2, 0.25) is 11.8 Å². The number of nitrogens with zero attached hydrogens (tertiary/aromatic N) is 2. The summed E-state index contributed by atoms with van der Waals surface area (Å²) in [6.45, 7) is 3.95. The Labute approximate surface area is 161 Å². The highest BCUT2D eigenvalue weighted by Gasteiger charge is 2.57. The Bertz CT molecular complexity index is 745. The molecular formula is C18H23N3O5S. The van der Waals surface area contributed by atoms with Crippen molar-refractivity contribution in [3.05, 3.63) is 22.8 Å². The molecule has 146 valence electrons. The van der Waals surface area contributed by atoms with Crippen molar-refractivity contribution in [1.82, 2.24) is 15.1 Å². The summed E-state index contributed by atoms with van der Waals surface area (Å²) in [6, 6.07) is -0.160. The number of rotatable bonds is 6. The van der Waals surface area contributed by atoms with Gasteiger partial charge in [0.15, 0.2) is 0 Å². The Morgan fingerprint density at radius 2 is 2.11 bits per heavy atom. The molecule has 0 radical (unpaired) electrons.